The normalized spacial score (nSPS) is 20.8. The first-order valence-corrected chi connectivity index (χ1v) is 9.02. The summed E-state index contributed by atoms with van der Waals surface area (Å²) >= 11 is 5.66. The minimum Gasteiger partial charge on any atom is -0.352 e. The van der Waals surface area contributed by atoms with E-state index in [9.17, 15) is 0 Å². The Morgan fingerprint density at radius 1 is 1.29 bits per heavy atom. The highest BCUT2D eigenvalue weighted by Gasteiger charge is 2.42. The van der Waals surface area contributed by atoms with E-state index in [4.69, 9.17) is 12.2 Å². The van der Waals surface area contributed by atoms with E-state index in [0.29, 0.717) is 6.04 Å². The van der Waals surface area contributed by atoms with E-state index >= 15 is 0 Å². The third-order valence-corrected chi connectivity index (χ3v) is 5.27. The second kappa shape index (κ2) is 6.55. The zero-order chi connectivity index (χ0) is 17.4. The number of thiocarbonyl (C=S) groups is 1. The van der Waals surface area contributed by atoms with Crippen molar-refractivity contribution in [2.24, 2.45) is 0 Å². The Bertz CT molecular complexity index is 735. The summed E-state index contributed by atoms with van der Waals surface area (Å²) in [5.74, 6) is 0. The van der Waals surface area contributed by atoms with Crippen molar-refractivity contribution in [2.45, 2.75) is 59.3 Å². The van der Waals surface area contributed by atoms with E-state index in [2.05, 4.69) is 66.5 Å². The SMILES string of the molecule is CCn1c(C)cc([C@H]2[C@@H](c3ccccn3)NC(=S)N2C(C)C)c1C. The predicted octanol–water partition coefficient (Wildman–Crippen LogP) is 3.90. The third kappa shape index (κ3) is 2.71. The van der Waals surface area contributed by atoms with Crippen molar-refractivity contribution in [3.63, 3.8) is 0 Å². The van der Waals surface area contributed by atoms with E-state index in [1.165, 1.54) is 17.0 Å². The summed E-state index contributed by atoms with van der Waals surface area (Å²) in [5.41, 5.74) is 4.99. The molecule has 24 heavy (non-hydrogen) atoms. The summed E-state index contributed by atoms with van der Waals surface area (Å²) in [5, 5.41) is 4.32. The van der Waals surface area contributed by atoms with Gasteiger partial charge in [0.1, 0.15) is 0 Å². The number of pyridine rings is 1. The Kier molecular flexibility index (Phi) is 4.63. The molecule has 4 nitrogen and oxygen atoms in total. The minimum absolute atomic E-state index is 0.0758. The van der Waals surface area contributed by atoms with Crippen LogP contribution in [0.15, 0.2) is 30.5 Å². The molecule has 1 fully saturated rings. The number of aryl methyl sites for hydroxylation is 1. The first kappa shape index (κ1) is 17.0. The fourth-order valence-electron chi connectivity index (χ4n) is 3.87. The van der Waals surface area contributed by atoms with Crippen LogP contribution in [0.2, 0.25) is 0 Å². The molecule has 0 amide bonds. The van der Waals surface area contributed by atoms with E-state index in [0.717, 1.165) is 17.4 Å². The van der Waals surface area contributed by atoms with Crippen molar-refractivity contribution in [1.29, 1.82) is 0 Å². The molecular weight excluding hydrogens is 316 g/mol. The minimum atomic E-state index is 0.0758. The molecule has 128 valence electrons. The molecule has 1 aliphatic rings. The van der Waals surface area contributed by atoms with Gasteiger partial charge in [-0.15, -0.1) is 0 Å². The second-order valence-electron chi connectivity index (χ2n) is 6.70. The van der Waals surface area contributed by atoms with Gasteiger partial charge in [0.25, 0.3) is 0 Å². The molecule has 2 aromatic heterocycles. The molecule has 0 radical (unpaired) electrons. The van der Waals surface area contributed by atoms with Crippen LogP contribution in [0.25, 0.3) is 0 Å². The molecular formula is C19H26N4S. The van der Waals surface area contributed by atoms with Crippen molar-refractivity contribution in [3.05, 3.63) is 53.1 Å². The summed E-state index contributed by atoms with van der Waals surface area (Å²) in [6.07, 6.45) is 1.85. The standard InChI is InChI=1S/C19H26N4S/c1-6-22-13(4)11-15(14(22)5)18-17(16-9-7-8-10-20-16)21-19(24)23(18)12(2)3/h7-12,17-18H,6H2,1-5H3,(H,21,24)/t17-,18+/m1/s1. The van der Waals surface area contributed by atoms with Crippen LogP contribution in [-0.4, -0.2) is 25.6 Å². The Labute approximate surface area is 149 Å². The van der Waals surface area contributed by atoms with Gasteiger partial charge in [-0.05, 0) is 70.6 Å². The van der Waals surface area contributed by atoms with E-state index in [-0.39, 0.29) is 12.1 Å². The molecule has 0 unspecified atom stereocenters. The largest absolute Gasteiger partial charge is 0.352 e. The molecule has 2 atom stereocenters. The van der Waals surface area contributed by atoms with Crippen LogP contribution in [0.4, 0.5) is 0 Å². The molecule has 0 bridgehead atoms. The molecule has 0 aliphatic carbocycles. The quantitative estimate of drug-likeness (QED) is 0.854. The Hall–Kier alpha value is -1.88. The van der Waals surface area contributed by atoms with Gasteiger partial charge in [-0.1, -0.05) is 6.07 Å². The average molecular weight is 343 g/mol. The molecule has 3 heterocycles. The lowest BCUT2D eigenvalue weighted by Gasteiger charge is -2.31. The van der Waals surface area contributed by atoms with Crippen LogP contribution >= 0.6 is 12.2 Å². The molecule has 1 aliphatic heterocycles. The number of aromatic nitrogens is 2. The number of nitrogens with one attached hydrogen (secondary N) is 1. The van der Waals surface area contributed by atoms with Gasteiger partial charge in [-0.25, -0.2) is 0 Å². The van der Waals surface area contributed by atoms with Gasteiger partial charge in [0.15, 0.2) is 5.11 Å². The topological polar surface area (TPSA) is 33.1 Å². The van der Waals surface area contributed by atoms with Crippen LogP contribution in [0.1, 0.15) is 55.5 Å². The number of hydrogen-bond acceptors (Lipinski definition) is 2. The molecule has 5 heteroatoms. The zero-order valence-corrected chi connectivity index (χ0v) is 15.9. The van der Waals surface area contributed by atoms with Crippen molar-refractivity contribution in [3.8, 4) is 0 Å². The van der Waals surface area contributed by atoms with Gasteiger partial charge < -0.3 is 14.8 Å². The maximum atomic E-state index is 5.66. The lowest BCUT2D eigenvalue weighted by molar-refractivity contribution is 0.268. The molecule has 1 N–H and O–H groups in total. The fourth-order valence-corrected chi connectivity index (χ4v) is 4.32. The lowest BCUT2D eigenvalue weighted by atomic mass is 9.96. The Balaban J connectivity index is 2.13. The predicted molar refractivity (Wildman–Crippen MR) is 102 cm³/mol. The summed E-state index contributed by atoms with van der Waals surface area (Å²) in [7, 11) is 0. The van der Waals surface area contributed by atoms with Crippen LogP contribution in [-0.2, 0) is 6.54 Å². The summed E-state index contributed by atoms with van der Waals surface area (Å²) in [4.78, 5) is 6.90. The Morgan fingerprint density at radius 2 is 2.04 bits per heavy atom. The van der Waals surface area contributed by atoms with Crippen molar-refractivity contribution in [1.82, 2.24) is 19.8 Å². The number of rotatable bonds is 4. The molecule has 3 rings (SSSR count). The Morgan fingerprint density at radius 3 is 2.58 bits per heavy atom. The van der Waals surface area contributed by atoms with E-state index in [1.807, 2.05) is 18.3 Å². The highest BCUT2D eigenvalue weighted by atomic mass is 32.1. The molecule has 1 saturated heterocycles. The van der Waals surface area contributed by atoms with Gasteiger partial charge in [0.2, 0.25) is 0 Å². The van der Waals surface area contributed by atoms with Gasteiger partial charge in [0.05, 0.1) is 17.8 Å². The average Bonchev–Trinajstić information content (AvgIpc) is 3.04. The van der Waals surface area contributed by atoms with Crippen LogP contribution in [0.5, 0.6) is 0 Å². The van der Waals surface area contributed by atoms with E-state index in [1.54, 1.807) is 0 Å². The monoisotopic (exact) mass is 342 g/mol. The van der Waals surface area contributed by atoms with Crippen molar-refractivity contribution >= 4 is 17.3 Å². The van der Waals surface area contributed by atoms with Crippen molar-refractivity contribution < 1.29 is 0 Å². The smallest absolute Gasteiger partial charge is 0.170 e. The first-order valence-electron chi connectivity index (χ1n) is 8.62. The van der Waals surface area contributed by atoms with Crippen molar-refractivity contribution in [2.75, 3.05) is 0 Å². The maximum absolute atomic E-state index is 5.66. The summed E-state index contributed by atoms with van der Waals surface area (Å²) < 4.78 is 2.37. The summed E-state index contributed by atoms with van der Waals surface area (Å²) in [6, 6.07) is 8.95. The number of hydrogen-bond donors (Lipinski definition) is 1. The van der Waals surface area contributed by atoms with Gasteiger partial charge in [-0.2, -0.15) is 0 Å². The van der Waals surface area contributed by atoms with Gasteiger partial charge in [-0.3, -0.25) is 4.98 Å². The first-order chi connectivity index (χ1) is 11.5. The fraction of sp³-hybridized carbons (Fsp3) is 0.474. The van der Waals surface area contributed by atoms with Crippen LogP contribution in [0.3, 0.4) is 0 Å². The second-order valence-corrected chi connectivity index (χ2v) is 7.09. The molecule has 0 saturated carbocycles. The maximum Gasteiger partial charge on any atom is 0.170 e. The third-order valence-electron chi connectivity index (χ3n) is 4.94. The molecule has 0 spiro atoms. The summed E-state index contributed by atoms with van der Waals surface area (Å²) in [6.45, 7) is 12.0. The van der Waals surface area contributed by atoms with Crippen LogP contribution in [0, 0.1) is 13.8 Å². The van der Waals surface area contributed by atoms with E-state index < -0.39 is 0 Å². The van der Waals surface area contributed by atoms with Gasteiger partial charge in [0, 0.05) is 30.2 Å². The molecule has 2 aromatic rings. The molecule has 0 aromatic carbocycles. The lowest BCUT2D eigenvalue weighted by Crippen LogP contribution is -2.35. The highest BCUT2D eigenvalue weighted by Crippen LogP contribution is 2.41. The number of nitrogens with zero attached hydrogens (tertiary/aromatic N) is 3. The highest BCUT2D eigenvalue weighted by molar-refractivity contribution is 7.80. The zero-order valence-electron chi connectivity index (χ0n) is 15.1. The van der Waals surface area contributed by atoms with Gasteiger partial charge >= 0.3 is 0 Å². The van der Waals surface area contributed by atoms with Crippen LogP contribution < -0.4 is 5.32 Å².